The van der Waals surface area contributed by atoms with Gasteiger partial charge in [0.2, 0.25) is 0 Å². The molecule has 18 heavy (non-hydrogen) atoms. The standard InChI is InChI=1S/C16H18N2/c1-13-8-9-15(17-11-13)12-18-10-4-6-14-5-2-3-7-16(14)18/h2-3,5,7-9,11H,4,6,10,12H2,1H3. The predicted molar refractivity (Wildman–Crippen MR) is 74.8 cm³/mol. The Morgan fingerprint density at radius 3 is 2.89 bits per heavy atom. The van der Waals surface area contributed by atoms with E-state index in [1.165, 1.54) is 29.7 Å². The minimum Gasteiger partial charge on any atom is -0.365 e. The fourth-order valence-corrected chi connectivity index (χ4v) is 2.56. The number of aryl methyl sites for hydroxylation is 2. The van der Waals surface area contributed by atoms with Gasteiger partial charge in [-0.1, -0.05) is 24.3 Å². The Morgan fingerprint density at radius 1 is 1.17 bits per heavy atom. The molecule has 3 rings (SSSR count). The zero-order valence-corrected chi connectivity index (χ0v) is 10.8. The molecule has 0 saturated carbocycles. The quantitative estimate of drug-likeness (QED) is 0.797. The van der Waals surface area contributed by atoms with Crippen LogP contribution in [0.3, 0.4) is 0 Å². The Balaban J connectivity index is 1.84. The van der Waals surface area contributed by atoms with Crippen molar-refractivity contribution in [3.63, 3.8) is 0 Å². The van der Waals surface area contributed by atoms with Gasteiger partial charge in [0.15, 0.2) is 0 Å². The zero-order chi connectivity index (χ0) is 12.4. The van der Waals surface area contributed by atoms with E-state index in [9.17, 15) is 0 Å². The topological polar surface area (TPSA) is 16.1 Å². The zero-order valence-electron chi connectivity index (χ0n) is 10.8. The summed E-state index contributed by atoms with van der Waals surface area (Å²) in [5, 5.41) is 0. The van der Waals surface area contributed by atoms with Gasteiger partial charge < -0.3 is 4.90 Å². The van der Waals surface area contributed by atoms with E-state index >= 15 is 0 Å². The summed E-state index contributed by atoms with van der Waals surface area (Å²) in [6.07, 6.45) is 4.39. The third kappa shape index (κ3) is 2.23. The van der Waals surface area contributed by atoms with Crippen LogP contribution in [0.4, 0.5) is 5.69 Å². The molecule has 0 spiro atoms. The summed E-state index contributed by atoms with van der Waals surface area (Å²) in [4.78, 5) is 6.94. The third-order valence-corrected chi connectivity index (χ3v) is 3.53. The number of pyridine rings is 1. The van der Waals surface area contributed by atoms with E-state index in [2.05, 4.69) is 53.2 Å². The first-order valence-electron chi connectivity index (χ1n) is 6.57. The molecule has 1 aromatic heterocycles. The fourth-order valence-electron chi connectivity index (χ4n) is 2.56. The molecule has 2 nitrogen and oxygen atoms in total. The molecule has 0 N–H and O–H groups in total. The van der Waals surface area contributed by atoms with Crippen LogP contribution in [0.2, 0.25) is 0 Å². The molecule has 1 aromatic carbocycles. The summed E-state index contributed by atoms with van der Waals surface area (Å²) in [6.45, 7) is 4.12. The van der Waals surface area contributed by atoms with Crippen molar-refractivity contribution in [2.45, 2.75) is 26.3 Å². The van der Waals surface area contributed by atoms with E-state index in [0.717, 1.165) is 18.8 Å². The van der Waals surface area contributed by atoms with Gasteiger partial charge in [-0.05, 0) is 43.0 Å². The lowest BCUT2D eigenvalue weighted by atomic mass is 10.0. The number of fused-ring (bicyclic) bond motifs is 1. The highest BCUT2D eigenvalue weighted by molar-refractivity contribution is 5.55. The van der Waals surface area contributed by atoms with Crippen LogP contribution in [0.25, 0.3) is 0 Å². The Hall–Kier alpha value is -1.83. The second-order valence-corrected chi connectivity index (χ2v) is 4.98. The van der Waals surface area contributed by atoms with Gasteiger partial charge in [0.05, 0.1) is 12.2 Å². The lowest BCUT2D eigenvalue weighted by Gasteiger charge is -2.31. The van der Waals surface area contributed by atoms with Crippen molar-refractivity contribution in [3.05, 3.63) is 59.4 Å². The largest absolute Gasteiger partial charge is 0.365 e. The predicted octanol–water partition coefficient (Wildman–Crippen LogP) is 3.34. The highest BCUT2D eigenvalue weighted by Gasteiger charge is 2.16. The van der Waals surface area contributed by atoms with Crippen molar-refractivity contribution in [1.29, 1.82) is 0 Å². The van der Waals surface area contributed by atoms with Gasteiger partial charge >= 0.3 is 0 Å². The van der Waals surface area contributed by atoms with Crippen LogP contribution in [0, 0.1) is 6.92 Å². The second-order valence-electron chi connectivity index (χ2n) is 4.98. The maximum atomic E-state index is 4.50. The molecule has 2 heteroatoms. The normalized spacial score (nSPS) is 14.4. The summed E-state index contributed by atoms with van der Waals surface area (Å²) in [7, 11) is 0. The fraction of sp³-hybridized carbons (Fsp3) is 0.312. The molecule has 92 valence electrons. The minimum atomic E-state index is 0.914. The SMILES string of the molecule is Cc1ccc(CN2CCCc3ccccc32)nc1. The monoisotopic (exact) mass is 238 g/mol. The first-order valence-corrected chi connectivity index (χ1v) is 6.57. The molecule has 2 heterocycles. The highest BCUT2D eigenvalue weighted by atomic mass is 15.1. The second kappa shape index (κ2) is 4.81. The number of rotatable bonds is 2. The van der Waals surface area contributed by atoms with Crippen LogP contribution in [-0.4, -0.2) is 11.5 Å². The number of benzene rings is 1. The molecule has 2 aromatic rings. The van der Waals surface area contributed by atoms with Crippen LogP contribution in [0.5, 0.6) is 0 Å². The molecule has 0 radical (unpaired) electrons. The molecule has 0 bridgehead atoms. The smallest absolute Gasteiger partial charge is 0.0602 e. The van der Waals surface area contributed by atoms with Crippen LogP contribution in [0.1, 0.15) is 23.2 Å². The molecule has 0 atom stereocenters. The van der Waals surface area contributed by atoms with Crippen molar-refractivity contribution in [1.82, 2.24) is 4.98 Å². The van der Waals surface area contributed by atoms with Crippen LogP contribution >= 0.6 is 0 Å². The Bertz CT molecular complexity index is 531. The molecule has 0 fully saturated rings. The van der Waals surface area contributed by atoms with E-state index in [1.54, 1.807) is 0 Å². The van der Waals surface area contributed by atoms with Gasteiger partial charge in [0, 0.05) is 18.4 Å². The number of aromatic nitrogens is 1. The van der Waals surface area contributed by atoms with Gasteiger partial charge in [-0.25, -0.2) is 0 Å². The van der Waals surface area contributed by atoms with E-state index < -0.39 is 0 Å². The number of nitrogens with zero attached hydrogens (tertiary/aromatic N) is 2. The summed E-state index contributed by atoms with van der Waals surface area (Å²) in [5.41, 5.74) is 5.22. The van der Waals surface area contributed by atoms with Gasteiger partial charge in [-0.3, -0.25) is 4.98 Å². The van der Waals surface area contributed by atoms with Crippen molar-refractivity contribution in [3.8, 4) is 0 Å². The first-order chi connectivity index (χ1) is 8.83. The lowest BCUT2D eigenvalue weighted by Crippen LogP contribution is -2.29. The first kappa shape index (κ1) is 11.3. The summed E-state index contributed by atoms with van der Waals surface area (Å²) >= 11 is 0. The van der Waals surface area contributed by atoms with Crippen LogP contribution in [-0.2, 0) is 13.0 Å². The number of hydrogen-bond donors (Lipinski definition) is 0. The van der Waals surface area contributed by atoms with Crippen LogP contribution < -0.4 is 4.90 Å². The van der Waals surface area contributed by atoms with Crippen LogP contribution in [0.15, 0.2) is 42.6 Å². The average molecular weight is 238 g/mol. The minimum absolute atomic E-state index is 0.914. The molecular weight excluding hydrogens is 220 g/mol. The maximum absolute atomic E-state index is 4.50. The van der Waals surface area contributed by atoms with Gasteiger partial charge in [-0.2, -0.15) is 0 Å². The molecule has 1 aliphatic heterocycles. The summed E-state index contributed by atoms with van der Waals surface area (Å²) in [6, 6.07) is 13.0. The van der Waals surface area contributed by atoms with Gasteiger partial charge in [-0.15, -0.1) is 0 Å². The summed E-state index contributed by atoms with van der Waals surface area (Å²) < 4.78 is 0. The number of para-hydroxylation sites is 1. The Morgan fingerprint density at radius 2 is 2.06 bits per heavy atom. The third-order valence-electron chi connectivity index (χ3n) is 3.53. The summed E-state index contributed by atoms with van der Waals surface area (Å²) in [5.74, 6) is 0. The van der Waals surface area contributed by atoms with Crippen molar-refractivity contribution in [2.24, 2.45) is 0 Å². The van der Waals surface area contributed by atoms with Crippen molar-refractivity contribution < 1.29 is 0 Å². The van der Waals surface area contributed by atoms with E-state index in [4.69, 9.17) is 0 Å². The lowest BCUT2D eigenvalue weighted by molar-refractivity contribution is 0.684. The molecule has 0 amide bonds. The number of hydrogen-bond acceptors (Lipinski definition) is 2. The average Bonchev–Trinajstić information content (AvgIpc) is 2.42. The highest BCUT2D eigenvalue weighted by Crippen LogP contribution is 2.27. The van der Waals surface area contributed by atoms with E-state index in [-0.39, 0.29) is 0 Å². The van der Waals surface area contributed by atoms with Crippen molar-refractivity contribution >= 4 is 5.69 Å². The molecular formula is C16H18N2. The molecule has 0 unspecified atom stereocenters. The molecule has 0 saturated heterocycles. The maximum Gasteiger partial charge on any atom is 0.0602 e. The van der Waals surface area contributed by atoms with Crippen molar-refractivity contribution in [2.75, 3.05) is 11.4 Å². The Kier molecular flexibility index (Phi) is 3.01. The van der Waals surface area contributed by atoms with E-state index in [0.29, 0.717) is 0 Å². The molecule has 0 aliphatic carbocycles. The van der Waals surface area contributed by atoms with Gasteiger partial charge in [0.1, 0.15) is 0 Å². The number of anilines is 1. The Labute approximate surface area is 108 Å². The van der Waals surface area contributed by atoms with E-state index in [1.807, 2.05) is 6.20 Å². The van der Waals surface area contributed by atoms with Gasteiger partial charge in [0.25, 0.3) is 0 Å². The molecule has 1 aliphatic rings.